The molecule has 1 aliphatic heterocycles. The normalized spacial score (nSPS) is 31.2. The van der Waals surface area contributed by atoms with Gasteiger partial charge in [0.05, 0.1) is 17.5 Å². The van der Waals surface area contributed by atoms with Crippen LogP contribution in [0.3, 0.4) is 0 Å². The third-order valence-electron chi connectivity index (χ3n) is 7.15. The fraction of sp³-hybridized carbons (Fsp3) is 0.458. The number of benzene rings is 1. The van der Waals surface area contributed by atoms with Crippen molar-refractivity contribution in [1.29, 1.82) is 0 Å². The van der Waals surface area contributed by atoms with Gasteiger partial charge >= 0.3 is 0 Å². The minimum atomic E-state index is -0.331. The van der Waals surface area contributed by atoms with E-state index in [4.69, 9.17) is 23.4 Å². The Bertz CT molecular complexity index is 1070. The van der Waals surface area contributed by atoms with Gasteiger partial charge in [-0.2, -0.15) is 5.01 Å². The molecule has 5 nitrogen and oxygen atoms in total. The minimum Gasteiger partial charge on any atom is -0.479 e. The molecule has 1 saturated heterocycles. The first-order valence-electron chi connectivity index (χ1n) is 10.9. The predicted octanol–water partition coefficient (Wildman–Crippen LogP) is 5.36. The summed E-state index contributed by atoms with van der Waals surface area (Å²) in [6.07, 6.45) is 13.7. The summed E-state index contributed by atoms with van der Waals surface area (Å²) >= 11 is 11.1. The van der Waals surface area contributed by atoms with Gasteiger partial charge in [0, 0.05) is 0 Å². The van der Waals surface area contributed by atoms with Crippen molar-refractivity contribution < 1.29 is 14.3 Å². The van der Waals surface area contributed by atoms with Gasteiger partial charge < -0.3 is 4.74 Å². The van der Waals surface area contributed by atoms with E-state index in [1.807, 2.05) is 18.2 Å². The van der Waals surface area contributed by atoms with E-state index in [0.717, 1.165) is 37.7 Å². The molecule has 0 unspecified atom stereocenters. The second-order valence-corrected chi connectivity index (χ2v) is 13.5. The van der Waals surface area contributed by atoms with Gasteiger partial charge in [-0.15, -0.1) is 6.42 Å². The molecule has 1 aromatic carbocycles. The van der Waals surface area contributed by atoms with Crippen LogP contribution in [0.5, 0.6) is 5.75 Å². The van der Waals surface area contributed by atoms with Crippen LogP contribution in [0.2, 0.25) is 0 Å². The molecule has 0 radical (unpaired) electrons. The van der Waals surface area contributed by atoms with Gasteiger partial charge in [-0.05, 0) is 137 Å². The largest absolute Gasteiger partial charge is 0.479 e. The number of thiocarbonyl (C=S) groups is 1. The monoisotopic (exact) mass is 704 g/mol. The number of nitrogens with one attached hydrogen (secondary N) is 1. The molecular weight excluding hydrogens is 682 g/mol. The lowest BCUT2D eigenvalue weighted by molar-refractivity contribution is -0.152. The molecular formula is C24H22I2N2O3S2. The maximum atomic E-state index is 13.4. The fourth-order valence-electron chi connectivity index (χ4n) is 6.24. The summed E-state index contributed by atoms with van der Waals surface area (Å²) in [6, 6.07) is 3.88. The van der Waals surface area contributed by atoms with Crippen molar-refractivity contribution in [1.82, 2.24) is 10.4 Å². The van der Waals surface area contributed by atoms with Crippen molar-refractivity contribution in [2.45, 2.75) is 38.5 Å². The van der Waals surface area contributed by atoms with E-state index in [9.17, 15) is 9.59 Å². The highest BCUT2D eigenvalue weighted by Gasteiger charge is 2.55. The van der Waals surface area contributed by atoms with E-state index < -0.39 is 0 Å². The lowest BCUT2D eigenvalue weighted by atomic mass is 9.49. The molecule has 2 amide bonds. The van der Waals surface area contributed by atoms with Gasteiger partial charge in [0.15, 0.2) is 4.32 Å². The SMILES string of the molecule is C#CCOc1c(I)cc(/C=C2\SC(=S)N(NC(=O)C34CC5CC(CC(C5)C3)C4)C2=O)cc1I. The molecule has 4 saturated carbocycles. The molecule has 1 N–H and O–H groups in total. The molecule has 33 heavy (non-hydrogen) atoms. The number of hydrogen-bond acceptors (Lipinski definition) is 5. The van der Waals surface area contributed by atoms with Gasteiger partial charge in [-0.25, -0.2) is 0 Å². The summed E-state index contributed by atoms with van der Waals surface area (Å²) < 4.78 is 7.80. The van der Waals surface area contributed by atoms with Crippen LogP contribution >= 0.6 is 69.2 Å². The zero-order valence-electron chi connectivity index (χ0n) is 17.7. The molecule has 5 aliphatic rings. The number of carbonyl (C=O) groups excluding carboxylic acids is 2. The van der Waals surface area contributed by atoms with Crippen LogP contribution in [0.4, 0.5) is 0 Å². The van der Waals surface area contributed by atoms with E-state index in [1.165, 1.54) is 36.0 Å². The number of ether oxygens (including phenoxy) is 1. The molecule has 1 heterocycles. The highest BCUT2D eigenvalue weighted by molar-refractivity contribution is 14.1. The quantitative estimate of drug-likeness (QED) is 0.194. The molecule has 5 fully saturated rings. The molecule has 0 spiro atoms. The van der Waals surface area contributed by atoms with E-state index in [2.05, 4.69) is 56.5 Å². The molecule has 4 bridgehead atoms. The van der Waals surface area contributed by atoms with Gasteiger partial charge in [-0.3, -0.25) is 15.0 Å². The first kappa shape index (κ1) is 23.9. The average molecular weight is 704 g/mol. The van der Waals surface area contributed by atoms with E-state index >= 15 is 0 Å². The van der Waals surface area contributed by atoms with Crippen molar-refractivity contribution in [3.63, 3.8) is 0 Å². The first-order valence-corrected chi connectivity index (χ1v) is 14.3. The predicted molar refractivity (Wildman–Crippen MR) is 150 cm³/mol. The summed E-state index contributed by atoms with van der Waals surface area (Å²) in [5.74, 6) is 4.88. The minimum absolute atomic E-state index is 0.0294. The van der Waals surface area contributed by atoms with Crippen LogP contribution in [0.1, 0.15) is 44.1 Å². The van der Waals surface area contributed by atoms with Crippen LogP contribution < -0.4 is 10.2 Å². The summed E-state index contributed by atoms with van der Waals surface area (Å²) in [4.78, 5) is 27.0. The average Bonchev–Trinajstić information content (AvgIpc) is 2.99. The second-order valence-electron chi connectivity index (χ2n) is 9.46. The number of amides is 2. The maximum Gasteiger partial charge on any atom is 0.285 e. The number of halogens is 2. The molecule has 4 aliphatic carbocycles. The van der Waals surface area contributed by atoms with Gasteiger partial charge in [0.1, 0.15) is 12.4 Å². The van der Waals surface area contributed by atoms with Crippen molar-refractivity contribution in [2.24, 2.45) is 23.2 Å². The molecule has 1 aromatic rings. The zero-order valence-corrected chi connectivity index (χ0v) is 23.7. The van der Waals surface area contributed by atoms with Crippen molar-refractivity contribution in [3.8, 4) is 18.1 Å². The number of terminal acetylenes is 1. The topological polar surface area (TPSA) is 58.6 Å². The van der Waals surface area contributed by atoms with Crippen LogP contribution in [0.15, 0.2) is 17.0 Å². The molecule has 0 aromatic heterocycles. The molecule has 0 atom stereocenters. The number of carbonyl (C=O) groups is 2. The Hall–Kier alpha value is -0.840. The van der Waals surface area contributed by atoms with Gasteiger partial charge in [-0.1, -0.05) is 17.7 Å². The summed E-state index contributed by atoms with van der Waals surface area (Å²) in [6.45, 7) is 0.202. The van der Waals surface area contributed by atoms with Crippen LogP contribution in [-0.2, 0) is 9.59 Å². The highest BCUT2D eigenvalue weighted by atomic mass is 127. The van der Waals surface area contributed by atoms with Crippen LogP contribution in [0.25, 0.3) is 6.08 Å². The third-order valence-corrected chi connectivity index (χ3v) is 10.0. The maximum absolute atomic E-state index is 13.4. The Kier molecular flexibility index (Phi) is 6.74. The molecule has 9 heteroatoms. The fourth-order valence-corrected chi connectivity index (χ4v) is 9.55. The third kappa shape index (κ3) is 4.57. The number of nitrogens with zero attached hydrogens (tertiary/aromatic N) is 1. The van der Waals surface area contributed by atoms with Crippen LogP contribution in [0, 0.1) is 42.7 Å². The summed E-state index contributed by atoms with van der Waals surface area (Å²) in [5.41, 5.74) is 3.44. The van der Waals surface area contributed by atoms with Crippen LogP contribution in [-0.4, -0.2) is 27.8 Å². The second kappa shape index (κ2) is 9.32. The van der Waals surface area contributed by atoms with Crippen molar-refractivity contribution in [2.75, 3.05) is 6.61 Å². The Morgan fingerprint density at radius 2 is 1.82 bits per heavy atom. The smallest absolute Gasteiger partial charge is 0.285 e. The first-order chi connectivity index (χ1) is 15.8. The highest BCUT2D eigenvalue weighted by Crippen LogP contribution is 2.60. The summed E-state index contributed by atoms with van der Waals surface area (Å²) in [5, 5.41) is 1.27. The Balaban J connectivity index is 1.32. The Labute approximate surface area is 230 Å². The Morgan fingerprint density at radius 1 is 1.24 bits per heavy atom. The number of hydrazine groups is 1. The van der Waals surface area contributed by atoms with E-state index in [0.29, 0.717) is 27.0 Å². The van der Waals surface area contributed by atoms with Crippen molar-refractivity contribution in [3.05, 3.63) is 29.7 Å². The van der Waals surface area contributed by atoms with E-state index in [1.54, 1.807) is 0 Å². The van der Waals surface area contributed by atoms with Crippen molar-refractivity contribution >= 4 is 91.4 Å². The number of thioether (sulfide) groups is 1. The lowest BCUT2D eigenvalue weighted by Crippen LogP contribution is -2.57. The number of hydrogen-bond donors (Lipinski definition) is 1. The molecule has 172 valence electrons. The number of rotatable bonds is 5. The van der Waals surface area contributed by atoms with Gasteiger partial charge in [0.25, 0.3) is 5.91 Å². The molecule has 6 rings (SSSR count). The summed E-state index contributed by atoms with van der Waals surface area (Å²) in [7, 11) is 0. The lowest BCUT2D eigenvalue weighted by Gasteiger charge is -2.55. The van der Waals surface area contributed by atoms with Gasteiger partial charge in [0.2, 0.25) is 5.91 Å². The van der Waals surface area contributed by atoms with E-state index in [-0.39, 0.29) is 23.8 Å². The zero-order chi connectivity index (χ0) is 23.3. The Morgan fingerprint density at radius 3 is 2.36 bits per heavy atom. The standard InChI is InChI=1S/C24H22I2N2O3S2/c1-2-3-31-20-17(25)7-13(8-18(20)26)9-19-21(29)28(23(32)33-19)27-22(30)24-10-14-4-15(11-24)6-16(5-14)12-24/h1,7-9,14-16H,3-6,10-12H2,(H,27,30)/b19-9-.